The molecule has 7 heteroatoms. The number of nitrogens with zero attached hydrogens (tertiary/aromatic N) is 3. The summed E-state index contributed by atoms with van der Waals surface area (Å²) in [6.45, 7) is 6.96. The second-order valence-electron chi connectivity index (χ2n) is 6.24. The van der Waals surface area contributed by atoms with Crippen molar-refractivity contribution in [3.05, 3.63) is 41.9 Å². The summed E-state index contributed by atoms with van der Waals surface area (Å²) in [6.07, 6.45) is 0.721. The molecule has 0 saturated carbocycles. The van der Waals surface area contributed by atoms with Gasteiger partial charge in [-0.3, -0.25) is 9.69 Å². The third-order valence-electron chi connectivity index (χ3n) is 4.52. The molecule has 2 aromatic rings. The summed E-state index contributed by atoms with van der Waals surface area (Å²) < 4.78 is 18.0. The first-order valence-corrected chi connectivity index (χ1v) is 8.55. The number of halogens is 1. The van der Waals surface area contributed by atoms with E-state index >= 15 is 0 Å². The number of rotatable bonds is 5. The van der Waals surface area contributed by atoms with Gasteiger partial charge in [0, 0.05) is 37.9 Å². The summed E-state index contributed by atoms with van der Waals surface area (Å²) in [5.41, 5.74) is 1.01. The van der Waals surface area contributed by atoms with Crippen molar-refractivity contribution in [2.75, 3.05) is 36.4 Å². The van der Waals surface area contributed by atoms with Crippen molar-refractivity contribution in [2.24, 2.45) is 0 Å². The van der Waals surface area contributed by atoms with Crippen LogP contribution in [0.25, 0.3) is 0 Å². The van der Waals surface area contributed by atoms with Crippen LogP contribution < -0.4 is 10.2 Å². The molecule has 0 bridgehead atoms. The fourth-order valence-electron chi connectivity index (χ4n) is 3.19. The van der Waals surface area contributed by atoms with E-state index in [9.17, 15) is 9.18 Å². The highest BCUT2D eigenvalue weighted by atomic mass is 19.1. The number of carbonyl (C=O) groups is 1. The summed E-state index contributed by atoms with van der Waals surface area (Å²) in [6, 6.07) is 8.04. The lowest BCUT2D eigenvalue weighted by atomic mass is 10.1. The van der Waals surface area contributed by atoms with Gasteiger partial charge in [-0.05, 0) is 37.6 Å². The third kappa shape index (κ3) is 4.17. The maximum atomic E-state index is 13.1. The Morgan fingerprint density at radius 3 is 2.52 bits per heavy atom. The minimum Gasteiger partial charge on any atom is -0.369 e. The van der Waals surface area contributed by atoms with Gasteiger partial charge in [0.15, 0.2) is 5.82 Å². The highest BCUT2D eigenvalue weighted by molar-refractivity contribution is 5.94. The largest absolute Gasteiger partial charge is 0.369 e. The third-order valence-corrected chi connectivity index (χ3v) is 4.52. The number of carbonyl (C=O) groups excluding carboxylic acids is 1. The number of anilines is 2. The first-order valence-electron chi connectivity index (χ1n) is 8.55. The van der Waals surface area contributed by atoms with E-state index in [1.165, 1.54) is 12.1 Å². The molecular weight excluding hydrogens is 323 g/mol. The van der Waals surface area contributed by atoms with E-state index in [0.717, 1.165) is 38.3 Å². The molecule has 6 nitrogen and oxygen atoms in total. The maximum absolute atomic E-state index is 13.1. The second kappa shape index (κ2) is 7.65. The fourth-order valence-corrected chi connectivity index (χ4v) is 3.19. The Morgan fingerprint density at radius 2 is 1.96 bits per heavy atom. The van der Waals surface area contributed by atoms with E-state index in [2.05, 4.69) is 20.3 Å². The molecule has 3 rings (SSSR count). The summed E-state index contributed by atoms with van der Waals surface area (Å²) >= 11 is 0. The average Bonchev–Trinajstić information content (AvgIpc) is 3.02. The molecule has 1 unspecified atom stereocenters. The molecule has 25 heavy (non-hydrogen) atoms. The first kappa shape index (κ1) is 17.4. The monoisotopic (exact) mass is 346 g/mol. The van der Waals surface area contributed by atoms with Gasteiger partial charge < -0.3 is 14.7 Å². The van der Waals surface area contributed by atoms with Gasteiger partial charge in [0.1, 0.15) is 11.6 Å². The number of benzene rings is 1. The minimum absolute atomic E-state index is 0.0639. The number of nitrogens with one attached hydrogen (secondary N) is 1. The number of piperazine rings is 1. The van der Waals surface area contributed by atoms with Crippen LogP contribution in [-0.4, -0.2) is 48.2 Å². The van der Waals surface area contributed by atoms with Gasteiger partial charge in [0.05, 0.1) is 6.04 Å². The second-order valence-corrected chi connectivity index (χ2v) is 6.24. The standard InChI is InChI=1S/C18H23FN4O2/c1-3-16(18(24)20-17-12-13(2)25-21-17)23-10-8-22(9-11-23)15-6-4-14(19)5-7-15/h4-7,12,16H,3,8-11H2,1-2H3,(H,20,21,24). The molecule has 134 valence electrons. The van der Waals surface area contributed by atoms with E-state index in [1.54, 1.807) is 25.1 Å². The fraction of sp³-hybridized carbons (Fsp3) is 0.444. The maximum Gasteiger partial charge on any atom is 0.242 e. The summed E-state index contributed by atoms with van der Waals surface area (Å²) in [4.78, 5) is 16.9. The summed E-state index contributed by atoms with van der Waals surface area (Å²) in [7, 11) is 0. The number of hydrogen-bond donors (Lipinski definition) is 1. The molecule has 1 saturated heterocycles. The number of aryl methyl sites for hydroxylation is 1. The normalized spacial score (nSPS) is 16.7. The Morgan fingerprint density at radius 1 is 1.28 bits per heavy atom. The molecule has 0 spiro atoms. The predicted octanol–water partition coefficient (Wildman–Crippen LogP) is 2.66. The Labute approximate surface area is 146 Å². The topological polar surface area (TPSA) is 61.6 Å². The predicted molar refractivity (Wildman–Crippen MR) is 94.1 cm³/mol. The van der Waals surface area contributed by atoms with Gasteiger partial charge in [-0.15, -0.1) is 0 Å². The van der Waals surface area contributed by atoms with Crippen molar-refractivity contribution in [3.8, 4) is 0 Å². The highest BCUT2D eigenvalue weighted by Gasteiger charge is 2.28. The van der Waals surface area contributed by atoms with Crippen molar-refractivity contribution in [1.82, 2.24) is 10.1 Å². The zero-order chi connectivity index (χ0) is 17.8. The van der Waals surface area contributed by atoms with E-state index in [4.69, 9.17) is 4.52 Å². The molecule has 2 heterocycles. The molecule has 1 atom stereocenters. The first-order chi connectivity index (χ1) is 12.1. The molecule has 1 aliphatic rings. The van der Waals surface area contributed by atoms with Crippen LogP contribution in [0, 0.1) is 12.7 Å². The minimum atomic E-state index is -0.229. The Kier molecular flexibility index (Phi) is 5.33. The van der Waals surface area contributed by atoms with Crippen LogP contribution in [0.3, 0.4) is 0 Å². The van der Waals surface area contributed by atoms with E-state index in [1.807, 2.05) is 6.92 Å². The van der Waals surface area contributed by atoms with Crippen molar-refractivity contribution in [2.45, 2.75) is 26.3 Å². The van der Waals surface area contributed by atoms with Gasteiger partial charge in [-0.2, -0.15) is 0 Å². The van der Waals surface area contributed by atoms with Crippen molar-refractivity contribution in [3.63, 3.8) is 0 Å². The highest BCUT2D eigenvalue weighted by Crippen LogP contribution is 2.19. The summed E-state index contributed by atoms with van der Waals surface area (Å²) in [5, 5.41) is 6.63. The molecule has 1 aromatic carbocycles. The molecule has 1 fully saturated rings. The van der Waals surface area contributed by atoms with Crippen LogP contribution in [0.1, 0.15) is 19.1 Å². The zero-order valence-corrected chi connectivity index (χ0v) is 14.5. The number of aromatic nitrogens is 1. The van der Waals surface area contributed by atoms with Gasteiger partial charge in [-0.1, -0.05) is 12.1 Å². The van der Waals surface area contributed by atoms with E-state index in [-0.39, 0.29) is 17.8 Å². The zero-order valence-electron chi connectivity index (χ0n) is 14.5. The number of hydrogen-bond acceptors (Lipinski definition) is 5. The van der Waals surface area contributed by atoms with Gasteiger partial charge >= 0.3 is 0 Å². The molecule has 1 aliphatic heterocycles. The van der Waals surface area contributed by atoms with Crippen LogP contribution in [0.15, 0.2) is 34.9 Å². The van der Waals surface area contributed by atoms with Crippen molar-refractivity contribution >= 4 is 17.4 Å². The van der Waals surface area contributed by atoms with Crippen molar-refractivity contribution < 1.29 is 13.7 Å². The van der Waals surface area contributed by atoms with Gasteiger partial charge in [0.2, 0.25) is 5.91 Å². The van der Waals surface area contributed by atoms with E-state index in [0.29, 0.717) is 11.6 Å². The van der Waals surface area contributed by atoms with E-state index < -0.39 is 0 Å². The van der Waals surface area contributed by atoms with Crippen molar-refractivity contribution in [1.29, 1.82) is 0 Å². The van der Waals surface area contributed by atoms with Gasteiger partial charge in [0.25, 0.3) is 0 Å². The lowest BCUT2D eigenvalue weighted by molar-refractivity contribution is -0.121. The molecule has 1 amide bonds. The Hall–Kier alpha value is -2.41. The average molecular weight is 346 g/mol. The van der Waals surface area contributed by atoms with Crippen LogP contribution in [0.5, 0.6) is 0 Å². The molecule has 0 aliphatic carbocycles. The quantitative estimate of drug-likeness (QED) is 0.902. The molecular formula is C18H23FN4O2. The Bertz CT molecular complexity index is 708. The van der Waals surface area contributed by atoms with Crippen LogP contribution in [-0.2, 0) is 4.79 Å². The van der Waals surface area contributed by atoms with Crippen LogP contribution >= 0.6 is 0 Å². The lowest BCUT2D eigenvalue weighted by Crippen LogP contribution is -2.53. The lowest BCUT2D eigenvalue weighted by Gasteiger charge is -2.39. The molecule has 1 aromatic heterocycles. The SMILES string of the molecule is CCC(C(=O)Nc1cc(C)on1)N1CCN(c2ccc(F)cc2)CC1. The molecule has 0 radical (unpaired) electrons. The van der Waals surface area contributed by atoms with Crippen LogP contribution in [0.4, 0.5) is 15.9 Å². The van der Waals surface area contributed by atoms with Crippen LogP contribution in [0.2, 0.25) is 0 Å². The van der Waals surface area contributed by atoms with Gasteiger partial charge in [-0.25, -0.2) is 4.39 Å². The Balaban J connectivity index is 1.58. The number of amides is 1. The molecule has 1 N–H and O–H groups in total. The summed E-state index contributed by atoms with van der Waals surface area (Å²) in [5.74, 6) is 0.821. The smallest absolute Gasteiger partial charge is 0.242 e.